The Kier molecular flexibility index (Phi) is 5.82. The third-order valence-corrected chi connectivity index (χ3v) is 4.66. The van der Waals surface area contributed by atoms with Crippen molar-refractivity contribution in [1.29, 1.82) is 0 Å². The highest BCUT2D eigenvalue weighted by molar-refractivity contribution is 5.75. The maximum absolute atomic E-state index is 11.0. The first-order valence-electron chi connectivity index (χ1n) is 8.36. The standard InChI is InChI=1S/C20H28O2/c1-14(2)19-12-5-15(3)13-20(19)22-18-10-8-17(9-11-18)7-6-16(4)21/h8-11,15,19-20H,1,5-7,12-13H2,2-4H3/t15-,19+,20+/m1/s1. The predicted molar refractivity (Wildman–Crippen MR) is 91.2 cm³/mol. The molecule has 0 N–H and O–H groups in total. The van der Waals surface area contributed by atoms with Crippen LogP contribution in [-0.4, -0.2) is 11.9 Å². The summed E-state index contributed by atoms with van der Waals surface area (Å²) < 4.78 is 6.25. The smallest absolute Gasteiger partial charge is 0.130 e. The van der Waals surface area contributed by atoms with Gasteiger partial charge in [0.1, 0.15) is 17.6 Å². The zero-order valence-corrected chi connectivity index (χ0v) is 14.1. The third-order valence-electron chi connectivity index (χ3n) is 4.66. The molecule has 2 rings (SSSR count). The molecule has 0 saturated heterocycles. The summed E-state index contributed by atoms with van der Waals surface area (Å²) in [5.41, 5.74) is 2.42. The highest BCUT2D eigenvalue weighted by atomic mass is 16.5. The number of ketones is 1. The third kappa shape index (κ3) is 4.72. The zero-order chi connectivity index (χ0) is 16.1. The van der Waals surface area contributed by atoms with Crippen molar-refractivity contribution in [2.45, 2.75) is 59.0 Å². The van der Waals surface area contributed by atoms with Gasteiger partial charge in [-0.2, -0.15) is 0 Å². The topological polar surface area (TPSA) is 26.3 Å². The van der Waals surface area contributed by atoms with Gasteiger partial charge in [-0.15, -0.1) is 0 Å². The van der Waals surface area contributed by atoms with E-state index in [1.807, 2.05) is 12.1 Å². The molecule has 0 aromatic heterocycles. The van der Waals surface area contributed by atoms with Gasteiger partial charge in [-0.25, -0.2) is 0 Å². The molecule has 0 amide bonds. The molecule has 120 valence electrons. The molecule has 3 atom stereocenters. The van der Waals surface area contributed by atoms with Gasteiger partial charge in [0.25, 0.3) is 0 Å². The predicted octanol–water partition coefficient (Wildman–Crippen LogP) is 4.97. The average Bonchev–Trinajstić information content (AvgIpc) is 2.46. The van der Waals surface area contributed by atoms with E-state index in [1.54, 1.807) is 6.92 Å². The SMILES string of the molecule is C=C(C)[C@@H]1CC[C@@H](C)C[C@@H]1Oc1ccc(CCC(C)=O)cc1. The fraction of sp³-hybridized carbons (Fsp3) is 0.550. The fourth-order valence-corrected chi connectivity index (χ4v) is 3.25. The van der Waals surface area contributed by atoms with Gasteiger partial charge in [0.2, 0.25) is 0 Å². The number of rotatable bonds is 6. The highest BCUT2D eigenvalue weighted by Gasteiger charge is 2.30. The van der Waals surface area contributed by atoms with Crippen LogP contribution in [0.5, 0.6) is 5.75 Å². The van der Waals surface area contributed by atoms with Crippen molar-refractivity contribution < 1.29 is 9.53 Å². The van der Waals surface area contributed by atoms with Gasteiger partial charge in [0.05, 0.1) is 0 Å². The molecule has 0 aliphatic heterocycles. The van der Waals surface area contributed by atoms with Crippen molar-refractivity contribution in [3.8, 4) is 5.75 Å². The van der Waals surface area contributed by atoms with Crippen molar-refractivity contribution in [2.75, 3.05) is 0 Å². The van der Waals surface area contributed by atoms with Crippen LogP contribution in [0.4, 0.5) is 0 Å². The minimum absolute atomic E-state index is 0.237. The summed E-state index contributed by atoms with van der Waals surface area (Å²) in [6.45, 7) is 10.2. The van der Waals surface area contributed by atoms with E-state index in [-0.39, 0.29) is 11.9 Å². The van der Waals surface area contributed by atoms with Crippen LogP contribution < -0.4 is 4.74 Å². The second kappa shape index (κ2) is 7.62. The summed E-state index contributed by atoms with van der Waals surface area (Å²) in [5, 5.41) is 0. The molecule has 2 nitrogen and oxygen atoms in total. The molecule has 1 aromatic rings. The highest BCUT2D eigenvalue weighted by Crippen LogP contribution is 2.35. The normalized spacial score (nSPS) is 24.8. The molecule has 0 bridgehead atoms. The van der Waals surface area contributed by atoms with Crippen LogP contribution >= 0.6 is 0 Å². The van der Waals surface area contributed by atoms with Crippen molar-refractivity contribution in [2.24, 2.45) is 11.8 Å². The first-order valence-corrected chi connectivity index (χ1v) is 8.36. The molecule has 0 heterocycles. The molecule has 1 fully saturated rings. The molecule has 1 saturated carbocycles. The first kappa shape index (κ1) is 16.8. The summed E-state index contributed by atoms with van der Waals surface area (Å²) in [6, 6.07) is 8.20. The van der Waals surface area contributed by atoms with Crippen molar-refractivity contribution >= 4 is 5.78 Å². The van der Waals surface area contributed by atoms with Crippen LogP contribution in [0, 0.1) is 11.8 Å². The number of hydrogen-bond donors (Lipinski definition) is 0. The molecular weight excluding hydrogens is 272 g/mol. The zero-order valence-electron chi connectivity index (χ0n) is 14.1. The van der Waals surface area contributed by atoms with Gasteiger partial charge < -0.3 is 9.53 Å². The molecule has 0 spiro atoms. The molecule has 2 heteroatoms. The van der Waals surface area contributed by atoms with Crippen LogP contribution in [-0.2, 0) is 11.2 Å². The minimum atomic E-state index is 0.237. The maximum Gasteiger partial charge on any atom is 0.130 e. The lowest BCUT2D eigenvalue weighted by atomic mass is 9.77. The van der Waals surface area contributed by atoms with Gasteiger partial charge in [0, 0.05) is 12.3 Å². The fourth-order valence-electron chi connectivity index (χ4n) is 3.25. The molecule has 0 unspecified atom stereocenters. The number of carbonyl (C=O) groups is 1. The van der Waals surface area contributed by atoms with Crippen LogP contribution in [0.2, 0.25) is 0 Å². The Hall–Kier alpha value is -1.57. The Labute approximate surface area is 134 Å². The number of ether oxygens (including phenoxy) is 1. The first-order chi connectivity index (χ1) is 10.5. The summed E-state index contributed by atoms with van der Waals surface area (Å²) in [4.78, 5) is 11.0. The maximum atomic E-state index is 11.0. The molecule has 1 aliphatic rings. The number of carbonyl (C=O) groups excluding carboxylic acids is 1. The lowest BCUT2D eigenvalue weighted by Crippen LogP contribution is -2.34. The van der Waals surface area contributed by atoms with Gasteiger partial charge in [-0.1, -0.05) is 31.2 Å². The van der Waals surface area contributed by atoms with E-state index in [0.29, 0.717) is 12.3 Å². The molecule has 1 aromatic carbocycles. The molecule has 0 radical (unpaired) electrons. The van der Waals surface area contributed by atoms with Crippen molar-refractivity contribution in [1.82, 2.24) is 0 Å². The lowest BCUT2D eigenvalue weighted by molar-refractivity contribution is -0.116. The van der Waals surface area contributed by atoms with E-state index >= 15 is 0 Å². The summed E-state index contributed by atoms with van der Waals surface area (Å²) in [6.07, 6.45) is 5.20. The summed E-state index contributed by atoms with van der Waals surface area (Å²) in [7, 11) is 0. The van der Waals surface area contributed by atoms with E-state index in [2.05, 4.69) is 32.6 Å². The van der Waals surface area contributed by atoms with Crippen LogP contribution in [0.3, 0.4) is 0 Å². The van der Waals surface area contributed by atoms with Crippen LogP contribution in [0.15, 0.2) is 36.4 Å². The Morgan fingerprint density at radius 3 is 2.50 bits per heavy atom. The minimum Gasteiger partial charge on any atom is -0.490 e. The summed E-state index contributed by atoms with van der Waals surface area (Å²) >= 11 is 0. The van der Waals surface area contributed by atoms with Gasteiger partial charge in [0.15, 0.2) is 0 Å². The van der Waals surface area contributed by atoms with E-state index in [0.717, 1.165) is 24.5 Å². The molecule has 22 heavy (non-hydrogen) atoms. The Morgan fingerprint density at radius 2 is 1.91 bits per heavy atom. The number of benzene rings is 1. The number of hydrogen-bond acceptors (Lipinski definition) is 2. The second-order valence-electron chi connectivity index (χ2n) is 6.87. The Bertz CT molecular complexity index is 515. The largest absolute Gasteiger partial charge is 0.490 e. The van der Waals surface area contributed by atoms with Gasteiger partial charge >= 0.3 is 0 Å². The second-order valence-corrected chi connectivity index (χ2v) is 6.87. The quantitative estimate of drug-likeness (QED) is 0.693. The monoisotopic (exact) mass is 300 g/mol. The van der Waals surface area contributed by atoms with E-state index < -0.39 is 0 Å². The van der Waals surface area contributed by atoms with E-state index in [1.165, 1.54) is 24.0 Å². The molecule has 1 aliphatic carbocycles. The lowest BCUT2D eigenvalue weighted by Gasteiger charge is -2.35. The van der Waals surface area contributed by atoms with Gasteiger partial charge in [-0.05, 0) is 63.1 Å². The van der Waals surface area contributed by atoms with E-state index in [9.17, 15) is 4.79 Å². The number of aryl methyl sites for hydroxylation is 1. The van der Waals surface area contributed by atoms with Crippen LogP contribution in [0.1, 0.15) is 52.0 Å². The van der Waals surface area contributed by atoms with Crippen molar-refractivity contribution in [3.05, 3.63) is 42.0 Å². The Morgan fingerprint density at radius 1 is 1.23 bits per heavy atom. The summed E-state index contributed by atoms with van der Waals surface area (Å²) in [5.74, 6) is 2.35. The van der Waals surface area contributed by atoms with Gasteiger partial charge in [-0.3, -0.25) is 0 Å². The average molecular weight is 300 g/mol. The van der Waals surface area contributed by atoms with E-state index in [4.69, 9.17) is 4.74 Å². The molecular formula is C20H28O2. The number of Topliss-reactive ketones (excluding diaryl/α,β-unsaturated/α-hetero) is 1. The van der Waals surface area contributed by atoms with Crippen LogP contribution in [0.25, 0.3) is 0 Å². The van der Waals surface area contributed by atoms with Crippen molar-refractivity contribution in [3.63, 3.8) is 0 Å². The Balaban J connectivity index is 1.99.